The summed E-state index contributed by atoms with van der Waals surface area (Å²) in [4.78, 5) is 22.4. The number of benzene rings is 1. The van der Waals surface area contributed by atoms with Crippen LogP contribution in [0, 0.1) is 11.3 Å². The first kappa shape index (κ1) is 19.4. The van der Waals surface area contributed by atoms with Crippen molar-refractivity contribution in [2.45, 2.75) is 18.8 Å². The Morgan fingerprint density at radius 3 is 2.84 bits per heavy atom. The number of fused-ring (bicyclic) bond motifs is 1. The summed E-state index contributed by atoms with van der Waals surface area (Å²) < 4.78 is 10.9. The molecule has 3 heterocycles. The molecule has 1 aliphatic carbocycles. The van der Waals surface area contributed by atoms with E-state index in [2.05, 4.69) is 21.4 Å². The number of aromatic nitrogens is 2. The fourth-order valence-corrected chi connectivity index (χ4v) is 4.05. The maximum atomic E-state index is 12.8. The number of hydrogen-bond donors (Lipinski definition) is 2. The van der Waals surface area contributed by atoms with Crippen molar-refractivity contribution in [1.29, 1.82) is 5.26 Å². The standard InChI is InChI=1S/C23H23N5O3/c1-30-19-10-15(23(29)28-6-8-31-9-7-28)4-5-18(19)26-20-11-17(14-2-3-14)21-16(12-24)13-25-22(21)27-20/h4-5,10-11,13-14H,2-3,6-9H2,1H3,(H2,25,26,27). The van der Waals surface area contributed by atoms with E-state index in [-0.39, 0.29) is 5.91 Å². The number of amides is 1. The van der Waals surface area contributed by atoms with E-state index in [0.29, 0.717) is 60.6 Å². The first-order valence-electron chi connectivity index (χ1n) is 10.4. The Morgan fingerprint density at radius 1 is 1.32 bits per heavy atom. The van der Waals surface area contributed by atoms with Gasteiger partial charge in [0.15, 0.2) is 0 Å². The summed E-state index contributed by atoms with van der Waals surface area (Å²) in [5.74, 6) is 1.67. The van der Waals surface area contributed by atoms with Crippen molar-refractivity contribution < 1.29 is 14.3 Å². The van der Waals surface area contributed by atoms with Crippen LogP contribution in [0.5, 0.6) is 5.75 Å². The summed E-state index contributed by atoms with van der Waals surface area (Å²) in [5.41, 5.74) is 3.76. The number of carbonyl (C=O) groups is 1. The van der Waals surface area contributed by atoms with Gasteiger partial charge in [-0.25, -0.2) is 4.98 Å². The number of rotatable bonds is 5. The van der Waals surface area contributed by atoms with Gasteiger partial charge in [0, 0.05) is 30.2 Å². The number of nitriles is 1. The molecule has 1 saturated heterocycles. The number of morpholine rings is 1. The van der Waals surface area contributed by atoms with E-state index in [1.54, 1.807) is 30.3 Å². The molecule has 1 aromatic carbocycles. The lowest BCUT2D eigenvalue weighted by molar-refractivity contribution is 0.0302. The molecule has 1 amide bonds. The van der Waals surface area contributed by atoms with Crippen LogP contribution in [-0.4, -0.2) is 54.2 Å². The van der Waals surface area contributed by atoms with E-state index >= 15 is 0 Å². The minimum atomic E-state index is -0.0286. The third-order valence-electron chi connectivity index (χ3n) is 5.82. The van der Waals surface area contributed by atoms with Crippen molar-refractivity contribution >= 4 is 28.4 Å². The second-order valence-corrected chi connectivity index (χ2v) is 7.85. The Balaban J connectivity index is 1.45. The van der Waals surface area contributed by atoms with Crippen molar-refractivity contribution in [2.24, 2.45) is 0 Å². The van der Waals surface area contributed by atoms with Crippen molar-refractivity contribution in [3.63, 3.8) is 0 Å². The van der Waals surface area contributed by atoms with Gasteiger partial charge in [-0.05, 0) is 48.6 Å². The molecule has 158 valence electrons. The minimum absolute atomic E-state index is 0.0286. The molecule has 2 aromatic heterocycles. The molecule has 8 nitrogen and oxygen atoms in total. The summed E-state index contributed by atoms with van der Waals surface area (Å²) in [7, 11) is 1.58. The molecule has 2 fully saturated rings. The molecular formula is C23H23N5O3. The van der Waals surface area contributed by atoms with Gasteiger partial charge >= 0.3 is 0 Å². The minimum Gasteiger partial charge on any atom is -0.495 e. The summed E-state index contributed by atoms with van der Waals surface area (Å²) in [5, 5.41) is 13.7. The van der Waals surface area contributed by atoms with E-state index in [0.717, 1.165) is 29.5 Å². The second-order valence-electron chi connectivity index (χ2n) is 7.85. The number of nitrogens with zero attached hydrogens (tertiary/aromatic N) is 3. The molecule has 3 aromatic rings. The van der Waals surface area contributed by atoms with Crippen molar-refractivity contribution in [2.75, 3.05) is 38.7 Å². The number of aromatic amines is 1. The fourth-order valence-electron chi connectivity index (χ4n) is 4.05. The maximum absolute atomic E-state index is 12.8. The predicted octanol–water partition coefficient (Wildman–Crippen LogP) is 3.54. The number of methoxy groups -OCH3 is 1. The smallest absolute Gasteiger partial charge is 0.254 e. The molecule has 0 radical (unpaired) electrons. The first-order valence-corrected chi connectivity index (χ1v) is 10.4. The highest BCUT2D eigenvalue weighted by Gasteiger charge is 2.28. The number of carbonyl (C=O) groups excluding carboxylic acids is 1. The largest absolute Gasteiger partial charge is 0.495 e. The normalized spacial score (nSPS) is 16.2. The topological polar surface area (TPSA) is 103 Å². The lowest BCUT2D eigenvalue weighted by atomic mass is 10.1. The van der Waals surface area contributed by atoms with E-state index in [1.807, 2.05) is 12.1 Å². The number of hydrogen-bond acceptors (Lipinski definition) is 6. The van der Waals surface area contributed by atoms with Gasteiger partial charge in [-0.15, -0.1) is 0 Å². The van der Waals surface area contributed by atoms with Crippen LogP contribution < -0.4 is 10.1 Å². The van der Waals surface area contributed by atoms with Crippen LogP contribution in [0.1, 0.15) is 40.2 Å². The summed E-state index contributed by atoms with van der Waals surface area (Å²) in [6, 6.07) is 9.65. The molecule has 0 unspecified atom stereocenters. The van der Waals surface area contributed by atoms with Crippen LogP contribution in [0.2, 0.25) is 0 Å². The van der Waals surface area contributed by atoms with Crippen LogP contribution in [0.15, 0.2) is 30.5 Å². The highest BCUT2D eigenvalue weighted by molar-refractivity contribution is 5.95. The van der Waals surface area contributed by atoms with Gasteiger partial charge in [-0.2, -0.15) is 5.26 Å². The van der Waals surface area contributed by atoms with Gasteiger partial charge in [-0.1, -0.05) is 0 Å². The Kier molecular flexibility index (Phi) is 4.96. The van der Waals surface area contributed by atoms with Gasteiger partial charge in [-0.3, -0.25) is 4.79 Å². The Bertz CT molecular complexity index is 1190. The molecule has 0 spiro atoms. The predicted molar refractivity (Wildman–Crippen MR) is 116 cm³/mol. The van der Waals surface area contributed by atoms with Gasteiger partial charge in [0.1, 0.15) is 23.3 Å². The van der Waals surface area contributed by atoms with E-state index < -0.39 is 0 Å². The monoisotopic (exact) mass is 417 g/mol. The number of nitrogens with one attached hydrogen (secondary N) is 2. The number of pyridine rings is 1. The zero-order valence-electron chi connectivity index (χ0n) is 17.3. The average molecular weight is 417 g/mol. The van der Waals surface area contributed by atoms with Crippen LogP contribution >= 0.6 is 0 Å². The highest BCUT2D eigenvalue weighted by Crippen LogP contribution is 2.44. The van der Waals surface area contributed by atoms with Crippen molar-refractivity contribution in [1.82, 2.24) is 14.9 Å². The SMILES string of the molecule is COc1cc(C(=O)N2CCOCC2)ccc1Nc1cc(C2CC2)c2c(C#N)c[nH]c2n1. The molecule has 0 atom stereocenters. The Hall–Kier alpha value is -3.57. The zero-order chi connectivity index (χ0) is 21.4. The van der Waals surface area contributed by atoms with Crippen LogP contribution in [0.4, 0.5) is 11.5 Å². The average Bonchev–Trinajstić information content (AvgIpc) is 3.58. The van der Waals surface area contributed by atoms with Crippen LogP contribution in [0.25, 0.3) is 11.0 Å². The lowest BCUT2D eigenvalue weighted by Gasteiger charge is -2.27. The van der Waals surface area contributed by atoms with Crippen molar-refractivity contribution in [3.05, 3.63) is 47.2 Å². The van der Waals surface area contributed by atoms with E-state index in [1.165, 1.54) is 0 Å². The second kappa shape index (κ2) is 7.93. The number of H-pyrrole nitrogens is 1. The number of anilines is 2. The molecule has 8 heteroatoms. The fraction of sp³-hybridized carbons (Fsp3) is 0.348. The zero-order valence-corrected chi connectivity index (χ0v) is 17.3. The summed E-state index contributed by atoms with van der Waals surface area (Å²) in [6.45, 7) is 2.31. The third kappa shape index (κ3) is 3.68. The molecule has 5 rings (SSSR count). The summed E-state index contributed by atoms with van der Waals surface area (Å²) >= 11 is 0. The maximum Gasteiger partial charge on any atom is 0.254 e. The van der Waals surface area contributed by atoms with Crippen LogP contribution in [0.3, 0.4) is 0 Å². The van der Waals surface area contributed by atoms with Gasteiger partial charge in [0.2, 0.25) is 0 Å². The molecule has 2 aliphatic rings. The molecule has 1 saturated carbocycles. The van der Waals surface area contributed by atoms with E-state index in [9.17, 15) is 10.1 Å². The van der Waals surface area contributed by atoms with Gasteiger partial charge in [0.25, 0.3) is 5.91 Å². The van der Waals surface area contributed by atoms with Gasteiger partial charge < -0.3 is 24.7 Å². The molecule has 31 heavy (non-hydrogen) atoms. The summed E-state index contributed by atoms with van der Waals surface area (Å²) in [6.07, 6.45) is 3.95. The molecule has 1 aliphatic heterocycles. The van der Waals surface area contributed by atoms with Crippen molar-refractivity contribution in [3.8, 4) is 11.8 Å². The quantitative estimate of drug-likeness (QED) is 0.658. The van der Waals surface area contributed by atoms with Crippen LogP contribution in [-0.2, 0) is 4.74 Å². The Labute approximate surface area is 179 Å². The third-order valence-corrected chi connectivity index (χ3v) is 5.82. The Morgan fingerprint density at radius 2 is 2.13 bits per heavy atom. The molecule has 0 bridgehead atoms. The number of ether oxygens (including phenoxy) is 2. The molecular weight excluding hydrogens is 394 g/mol. The first-order chi connectivity index (χ1) is 15.2. The highest BCUT2D eigenvalue weighted by atomic mass is 16.5. The van der Waals surface area contributed by atoms with Gasteiger partial charge in [0.05, 0.1) is 31.6 Å². The van der Waals surface area contributed by atoms with E-state index in [4.69, 9.17) is 9.47 Å². The molecule has 2 N–H and O–H groups in total. The lowest BCUT2D eigenvalue weighted by Crippen LogP contribution is -2.40.